The molecule has 0 aliphatic rings. The van der Waals surface area contributed by atoms with Crippen LogP contribution in [0.4, 0.5) is 4.39 Å². The van der Waals surface area contributed by atoms with Crippen LogP contribution >= 0.6 is 0 Å². The summed E-state index contributed by atoms with van der Waals surface area (Å²) in [6.07, 6.45) is 2.45. The number of furan rings is 1. The van der Waals surface area contributed by atoms with Gasteiger partial charge >= 0.3 is 0 Å². The number of para-hydroxylation sites is 1. The zero-order valence-electron chi connectivity index (χ0n) is 6.79. The number of rotatable bonds is 2. The van der Waals surface area contributed by atoms with Gasteiger partial charge in [0.15, 0.2) is 11.4 Å². The van der Waals surface area contributed by atoms with Crippen LogP contribution in [0.1, 0.15) is 5.56 Å². The van der Waals surface area contributed by atoms with Crippen molar-refractivity contribution in [3.8, 4) is 0 Å². The summed E-state index contributed by atoms with van der Waals surface area (Å²) >= 11 is 0. The first-order chi connectivity index (χ1) is 6.33. The molecule has 0 spiro atoms. The molecule has 3 heteroatoms. The van der Waals surface area contributed by atoms with Gasteiger partial charge in [-0.15, -0.1) is 0 Å². The second-order valence-corrected chi connectivity index (χ2v) is 2.75. The van der Waals surface area contributed by atoms with E-state index in [9.17, 15) is 9.18 Å². The van der Waals surface area contributed by atoms with Crippen molar-refractivity contribution >= 4 is 17.3 Å². The molecular weight excluding hydrogens is 171 g/mol. The molecule has 2 aromatic rings. The quantitative estimate of drug-likeness (QED) is 0.660. The molecule has 0 aliphatic heterocycles. The lowest BCUT2D eigenvalue weighted by atomic mass is 10.1. The van der Waals surface area contributed by atoms with E-state index in [1.807, 2.05) is 0 Å². The Kier molecular flexibility index (Phi) is 1.85. The number of halogens is 1. The summed E-state index contributed by atoms with van der Waals surface area (Å²) in [5, 5.41) is 0.673. The highest BCUT2D eigenvalue weighted by atomic mass is 19.1. The first-order valence-electron chi connectivity index (χ1n) is 3.91. The maximum atomic E-state index is 13.1. The number of carbonyl (C=O) groups excluding carboxylic acids is 1. The van der Waals surface area contributed by atoms with Gasteiger partial charge in [-0.2, -0.15) is 0 Å². The van der Waals surface area contributed by atoms with Crippen LogP contribution in [0.2, 0.25) is 0 Å². The molecule has 0 saturated carbocycles. The Bertz CT molecular complexity index is 445. The van der Waals surface area contributed by atoms with E-state index in [2.05, 4.69) is 0 Å². The fourth-order valence-electron chi connectivity index (χ4n) is 1.32. The summed E-state index contributed by atoms with van der Waals surface area (Å²) < 4.78 is 18.1. The van der Waals surface area contributed by atoms with Crippen molar-refractivity contribution in [1.82, 2.24) is 0 Å². The third-order valence-electron chi connectivity index (χ3n) is 1.94. The van der Waals surface area contributed by atoms with Gasteiger partial charge in [0.1, 0.15) is 6.29 Å². The predicted molar refractivity (Wildman–Crippen MR) is 45.9 cm³/mol. The smallest absolute Gasteiger partial charge is 0.169 e. The second kappa shape index (κ2) is 3.01. The maximum absolute atomic E-state index is 13.1. The van der Waals surface area contributed by atoms with Gasteiger partial charge in [-0.3, -0.25) is 0 Å². The average Bonchev–Trinajstić information content (AvgIpc) is 2.51. The van der Waals surface area contributed by atoms with E-state index in [4.69, 9.17) is 4.42 Å². The van der Waals surface area contributed by atoms with Gasteiger partial charge in [0, 0.05) is 17.4 Å². The fraction of sp³-hybridized carbons (Fsp3) is 0.100. The molecule has 0 unspecified atom stereocenters. The van der Waals surface area contributed by atoms with Crippen LogP contribution in [0, 0.1) is 5.82 Å². The van der Waals surface area contributed by atoms with E-state index in [0.717, 1.165) is 11.8 Å². The standard InChI is InChI=1S/C10H7FO2/c11-9-3-1-2-8-7(4-5-12)6-13-10(8)9/h1-3,5-6H,4H2. The molecule has 1 aromatic heterocycles. The molecule has 0 N–H and O–H groups in total. The summed E-state index contributed by atoms with van der Waals surface area (Å²) in [4.78, 5) is 10.3. The lowest BCUT2D eigenvalue weighted by Crippen LogP contribution is -1.82. The van der Waals surface area contributed by atoms with E-state index < -0.39 is 5.82 Å². The third kappa shape index (κ3) is 1.22. The van der Waals surface area contributed by atoms with Crippen LogP contribution in [0.15, 0.2) is 28.9 Å². The van der Waals surface area contributed by atoms with Crippen molar-refractivity contribution in [2.24, 2.45) is 0 Å². The second-order valence-electron chi connectivity index (χ2n) is 2.75. The molecule has 0 aliphatic carbocycles. The Morgan fingerprint density at radius 2 is 2.31 bits per heavy atom. The van der Waals surface area contributed by atoms with Crippen LogP contribution in [-0.2, 0) is 11.2 Å². The molecule has 0 saturated heterocycles. The number of hydrogen-bond acceptors (Lipinski definition) is 2. The summed E-state index contributed by atoms with van der Waals surface area (Å²) in [5.74, 6) is -0.394. The average molecular weight is 178 g/mol. The minimum absolute atomic E-state index is 0.222. The van der Waals surface area contributed by atoms with Crippen molar-refractivity contribution in [1.29, 1.82) is 0 Å². The Balaban J connectivity index is 2.67. The topological polar surface area (TPSA) is 30.2 Å². The largest absolute Gasteiger partial charge is 0.461 e. The molecule has 0 amide bonds. The van der Waals surface area contributed by atoms with Crippen molar-refractivity contribution in [2.45, 2.75) is 6.42 Å². The molecule has 0 radical (unpaired) electrons. The molecule has 2 nitrogen and oxygen atoms in total. The molecule has 0 fully saturated rings. The highest BCUT2D eigenvalue weighted by molar-refractivity contribution is 5.83. The lowest BCUT2D eigenvalue weighted by Gasteiger charge is -1.90. The zero-order valence-corrected chi connectivity index (χ0v) is 6.79. The van der Waals surface area contributed by atoms with Crippen LogP contribution in [0.3, 0.4) is 0 Å². The maximum Gasteiger partial charge on any atom is 0.169 e. The number of fused-ring (bicyclic) bond motifs is 1. The Hall–Kier alpha value is -1.64. The van der Waals surface area contributed by atoms with Crippen LogP contribution in [0.5, 0.6) is 0 Å². The monoisotopic (exact) mass is 178 g/mol. The van der Waals surface area contributed by atoms with E-state index in [1.54, 1.807) is 12.1 Å². The summed E-state index contributed by atoms with van der Waals surface area (Å²) in [5.41, 5.74) is 0.948. The molecule has 0 bridgehead atoms. The minimum atomic E-state index is -0.394. The summed E-state index contributed by atoms with van der Waals surface area (Å²) in [7, 11) is 0. The van der Waals surface area contributed by atoms with Crippen molar-refractivity contribution in [3.63, 3.8) is 0 Å². The Labute approximate surface area is 74.0 Å². The SMILES string of the molecule is O=CCc1coc2c(F)cccc12. The normalized spacial score (nSPS) is 10.5. The highest BCUT2D eigenvalue weighted by Crippen LogP contribution is 2.23. The van der Waals surface area contributed by atoms with Gasteiger partial charge in [-0.1, -0.05) is 12.1 Å². The number of benzene rings is 1. The Morgan fingerprint density at radius 1 is 1.46 bits per heavy atom. The van der Waals surface area contributed by atoms with Crippen molar-refractivity contribution in [3.05, 3.63) is 35.8 Å². The fourth-order valence-corrected chi connectivity index (χ4v) is 1.32. The third-order valence-corrected chi connectivity index (χ3v) is 1.94. The van der Waals surface area contributed by atoms with Gasteiger partial charge in [0.25, 0.3) is 0 Å². The van der Waals surface area contributed by atoms with Gasteiger partial charge < -0.3 is 9.21 Å². The van der Waals surface area contributed by atoms with Gasteiger partial charge in [-0.05, 0) is 6.07 Å². The number of carbonyl (C=O) groups is 1. The number of hydrogen-bond donors (Lipinski definition) is 0. The summed E-state index contributed by atoms with van der Waals surface area (Å²) in [6, 6.07) is 4.67. The van der Waals surface area contributed by atoms with Gasteiger partial charge in [-0.25, -0.2) is 4.39 Å². The van der Waals surface area contributed by atoms with E-state index in [1.165, 1.54) is 12.3 Å². The molecule has 2 rings (SSSR count). The van der Waals surface area contributed by atoms with Gasteiger partial charge in [0.05, 0.1) is 6.26 Å². The van der Waals surface area contributed by atoms with Crippen molar-refractivity contribution in [2.75, 3.05) is 0 Å². The van der Waals surface area contributed by atoms with E-state index in [-0.39, 0.29) is 12.0 Å². The minimum Gasteiger partial charge on any atom is -0.461 e. The molecule has 13 heavy (non-hydrogen) atoms. The number of aldehydes is 1. The van der Waals surface area contributed by atoms with E-state index in [0.29, 0.717) is 5.39 Å². The lowest BCUT2D eigenvalue weighted by molar-refractivity contribution is -0.107. The molecule has 0 atom stereocenters. The molecule has 1 heterocycles. The van der Waals surface area contributed by atoms with Crippen LogP contribution < -0.4 is 0 Å². The molecule has 66 valence electrons. The molecular formula is C10H7FO2. The van der Waals surface area contributed by atoms with Gasteiger partial charge in [0.2, 0.25) is 0 Å². The molecule has 1 aromatic carbocycles. The zero-order chi connectivity index (χ0) is 9.26. The van der Waals surface area contributed by atoms with Crippen molar-refractivity contribution < 1.29 is 13.6 Å². The first kappa shape index (κ1) is 7.98. The van der Waals surface area contributed by atoms with Crippen LogP contribution in [0.25, 0.3) is 11.0 Å². The predicted octanol–water partition coefficient (Wildman–Crippen LogP) is 2.31. The first-order valence-corrected chi connectivity index (χ1v) is 3.91. The van der Waals surface area contributed by atoms with E-state index >= 15 is 0 Å². The highest BCUT2D eigenvalue weighted by Gasteiger charge is 2.08. The van der Waals surface area contributed by atoms with Crippen LogP contribution in [-0.4, -0.2) is 6.29 Å². The summed E-state index contributed by atoms with van der Waals surface area (Å²) in [6.45, 7) is 0. The Morgan fingerprint density at radius 3 is 3.08 bits per heavy atom.